The van der Waals surface area contributed by atoms with Crippen LogP contribution in [0.4, 0.5) is 0 Å². The van der Waals surface area contributed by atoms with Crippen LogP contribution in [0.25, 0.3) is 0 Å². The van der Waals surface area contributed by atoms with E-state index in [1.54, 1.807) is 0 Å². The molecule has 16 heavy (non-hydrogen) atoms. The van der Waals surface area contributed by atoms with Crippen LogP contribution in [0.15, 0.2) is 24.3 Å². The van der Waals surface area contributed by atoms with E-state index in [9.17, 15) is 4.79 Å². The highest BCUT2D eigenvalue weighted by Crippen LogP contribution is 2.22. The van der Waals surface area contributed by atoms with Gasteiger partial charge in [-0.25, -0.2) is 0 Å². The Labute approximate surface area is 96.6 Å². The van der Waals surface area contributed by atoms with Crippen molar-refractivity contribution in [2.75, 3.05) is 6.61 Å². The average molecular weight is 221 g/mol. The van der Waals surface area contributed by atoms with E-state index in [1.165, 1.54) is 5.56 Å². The molecule has 0 aliphatic rings. The molecule has 0 spiro atoms. The van der Waals surface area contributed by atoms with Gasteiger partial charge in [-0.2, -0.15) is 0 Å². The molecule has 1 rings (SSSR count). The monoisotopic (exact) mass is 221 g/mol. The van der Waals surface area contributed by atoms with E-state index in [0.29, 0.717) is 19.4 Å². The second-order valence-electron chi connectivity index (χ2n) is 3.86. The molecule has 1 aromatic carbocycles. The van der Waals surface area contributed by atoms with Gasteiger partial charge in [0.15, 0.2) is 0 Å². The molecule has 1 atom stereocenters. The Morgan fingerprint density at radius 3 is 2.50 bits per heavy atom. The van der Waals surface area contributed by atoms with Crippen LogP contribution in [0.1, 0.15) is 37.0 Å². The lowest BCUT2D eigenvalue weighted by Gasteiger charge is -2.16. The summed E-state index contributed by atoms with van der Waals surface area (Å²) in [6, 6.07) is 8.17. The van der Waals surface area contributed by atoms with Crippen LogP contribution >= 0.6 is 0 Å². The standard InChI is InChI=1S/C13H19NO2/c1-3-16-12(8-9-13(14)15)11-6-4-10(2)5-7-11/h4-7,12H,3,8-9H2,1-2H3,(H2,14,15). The van der Waals surface area contributed by atoms with E-state index in [2.05, 4.69) is 0 Å². The summed E-state index contributed by atoms with van der Waals surface area (Å²) in [6.45, 7) is 4.63. The Morgan fingerprint density at radius 2 is 2.00 bits per heavy atom. The third-order valence-electron chi connectivity index (χ3n) is 2.47. The van der Waals surface area contributed by atoms with Gasteiger partial charge in [-0.05, 0) is 25.8 Å². The number of hydrogen-bond donors (Lipinski definition) is 1. The van der Waals surface area contributed by atoms with Gasteiger partial charge in [0.05, 0.1) is 6.10 Å². The molecule has 3 nitrogen and oxygen atoms in total. The van der Waals surface area contributed by atoms with E-state index >= 15 is 0 Å². The van der Waals surface area contributed by atoms with Crippen molar-refractivity contribution < 1.29 is 9.53 Å². The van der Waals surface area contributed by atoms with Crippen molar-refractivity contribution >= 4 is 5.91 Å². The first-order valence-corrected chi connectivity index (χ1v) is 5.60. The van der Waals surface area contributed by atoms with Crippen LogP contribution < -0.4 is 5.73 Å². The second kappa shape index (κ2) is 6.28. The van der Waals surface area contributed by atoms with Gasteiger partial charge in [0.25, 0.3) is 0 Å². The summed E-state index contributed by atoms with van der Waals surface area (Å²) in [5.74, 6) is -0.281. The van der Waals surface area contributed by atoms with Crippen molar-refractivity contribution in [3.63, 3.8) is 0 Å². The first kappa shape index (κ1) is 12.7. The fourth-order valence-electron chi connectivity index (χ4n) is 1.60. The number of nitrogens with two attached hydrogens (primary N) is 1. The quantitative estimate of drug-likeness (QED) is 0.801. The van der Waals surface area contributed by atoms with Crippen LogP contribution in [-0.4, -0.2) is 12.5 Å². The van der Waals surface area contributed by atoms with Crippen molar-refractivity contribution in [1.82, 2.24) is 0 Å². The lowest BCUT2D eigenvalue weighted by molar-refractivity contribution is -0.118. The number of carbonyl (C=O) groups is 1. The van der Waals surface area contributed by atoms with Crippen LogP contribution in [0.2, 0.25) is 0 Å². The number of aryl methyl sites for hydroxylation is 1. The lowest BCUT2D eigenvalue weighted by atomic mass is 10.0. The van der Waals surface area contributed by atoms with Gasteiger partial charge in [0.2, 0.25) is 5.91 Å². The van der Waals surface area contributed by atoms with Crippen molar-refractivity contribution in [2.24, 2.45) is 5.73 Å². The van der Waals surface area contributed by atoms with E-state index in [0.717, 1.165) is 5.56 Å². The van der Waals surface area contributed by atoms with Crippen LogP contribution in [-0.2, 0) is 9.53 Å². The van der Waals surface area contributed by atoms with E-state index < -0.39 is 0 Å². The van der Waals surface area contributed by atoms with Gasteiger partial charge in [0.1, 0.15) is 0 Å². The number of amides is 1. The van der Waals surface area contributed by atoms with Crippen molar-refractivity contribution in [3.05, 3.63) is 35.4 Å². The maximum atomic E-state index is 10.8. The maximum absolute atomic E-state index is 10.8. The van der Waals surface area contributed by atoms with Crippen molar-refractivity contribution in [2.45, 2.75) is 32.8 Å². The summed E-state index contributed by atoms with van der Waals surface area (Å²) in [4.78, 5) is 10.8. The fourth-order valence-corrected chi connectivity index (χ4v) is 1.60. The Balaban J connectivity index is 2.68. The molecular formula is C13H19NO2. The minimum atomic E-state index is -0.281. The highest BCUT2D eigenvalue weighted by Gasteiger charge is 2.12. The zero-order valence-electron chi connectivity index (χ0n) is 9.90. The predicted molar refractivity (Wildman–Crippen MR) is 64.0 cm³/mol. The van der Waals surface area contributed by atoms with E-state index in [4.69, 9.17) is 10.5 Å². The molecule has 1 unspecified atom stereocenters. The fraction of sp³-hybridized carbons (Fsp3) is 0.462. The highest BCUT2D eigenvalue weighted by atomic mass is 16.5. The molecular weight excluding hydrogens is 202 g/mol. The van der Waals surface area contributed by atoms with Crippen LogP contribution in [0.3, 0.4) is 0 Å². The zero-order valence-corrected chi connectivity index (χ0v) is 9.90. The Hall–Kier alpha value is -1.35. The molecule has 3 heteroatoms. The van der Waals surface area contributed by atoms with E-state index in [1.807, 2.05) is 38.1 Å². The van der Waals surface area contributed by atoms with Crippen LogP contribution in [0, 0.1) is 6.92 Å². The molecule has 0 aliphatic heterocycles. The zero-order chi connectivity index (χ0) is 12.0. The number of rotatable bonds is 6. The Bertz CT molecular complexity index is 332. The number of benzene rings is 1. The van der Waals surface area contributed by atoms with Gasteiger partial charge in [-0.3, -0.25) is 4.79 Å². The third kappa shape index (κ3) is 4.03. The highest BCUT2D eigenvalue weighted by molar-refractivity contribution is 5.73. The summed E-state index contributed by atoms with van der Waals surface area (Å²) in [7, 11) is 0. The van der Waals surface area contributed by atoms with E-state index in [-0.39, 0.29) is 12.0 Å². The number of hydrogen-bond acceptors (Lipinski definition) is 2. The maximum Gasteiger partial charge on any atom is 0.217 e. The average Bonchev–Trinajstić information content (AvgIpc) is 2.25. The predicted octanol–water partition coefficient (Wildman–Crippen LogP) is 2.34. The smallest absolute Gasteiger partial charge is 0.217 e. The molecule has 0 saturated heterocycles. The molecule has 0 aromatic heterocycles. The topological polar surface area (TPSA) is 52.3 Å². The second-order valence-corrected chi connectivity index (χ2v) is 3.86. The van der Waals surface area contributed by atoms with Gasteiger partial charge in [0, 0.05) is 13.0 Å². The summed E-state index contributed by atoms with van der Waals surface area (Å²) in [5.41, 5.74) is 7.47. The lowest BCUT2D eigenvalue weighted by Crippen LogP contribution is -2.13. The number of ether oxygens (including phenoxy) is 1. The summed E-state index contributed by atoms with van der Waals surface area (Å²) in [6.07, 6.45) is 0.975. The molecule has 0 heterocycles. The summed E-state index contributed by atoms with van der Waals surface area (Å²) in [5, 5.41) is 0. The van der Waals surface area contributed by atoms with Gasteiger partial charge in [-0.1, -0.05) is 29.8 Å². The molecule has 2 N–H and O–H groups in total. The SMILES string of the molecule is CCOC(CCC(N)=O)c1ccc(C)cc1. The molecule has 88 valence electrons. The summed E-state index contributed by atoms with van der Waals surface area (Å²) < 4.78 is 5.61. The molecule has 1 aromatic rings. The minimum Gasteiger partial charge on any atom is -0.374 e. The van der Waals surface area contributed by atoms with Crippen molar-refractivity contribution in [1.29, 1.82) is 0 Å². The molecule has 0 bridgehead atoms. The van der Waals surface area contributed by atoms with Gasteiger partial charge in [-0.15, -0.1) is 0 Å². The number of primary amides is 1. The largest absolute Gasteiger partial charge is 0.374 e. The number of carbonyl (C=O) groups excluding carboxylic acids is 1. The summed E-state index contributed by atoms with van der Waals surface area (Å²) >= 11 is 0. The molecule has 1 amide bonds. The van der Waals surface area contributed by atoms with Crippen LogP contribution in [0.5, 0.6) is 0 Å². The first-order chi connectivity index (χ1) is 7.63. The molecule has 0 aliphatic carbocycles. The minimum absolute atomic E-state index is 0.0295. The van der Waals surface area contributed by atoms with Crippen molar-refractivity contribution in [3.8, 4) is 0 Å². The molecule has 0 fully saturated rings. The third-order valence-corrected chi connectivity index (χ3v) is 2.47. The Kier molecular flexibility index (Phi) is 4.99. The molecule has 0 saturated carbocycles. The first-order valence-electron chi connectivity index (χ1n) is 5.60. The normalized spacial score (nSPS) is 12.4. The van der Waals surface area contributed by atoms with Gasteiger partial charge < -0.3 is 10.5 Å². The Morgan fingerprint density at radius 1 is 1.38 bits per heavy atom. The van der Waals surface area contributed by atoms with Gasteiger partial charge >= 0.3 is 0 Å². The molecule has 0 radical (unpaired) electrons.